The van der Waals surface area contributed by atoms with E-state index in [2.05, 4.69) is 44.5 Å². The molecule has 0 aliphatic heterocycles. The maximum Gasteiger partial charge on any atom is 0.309 e. The number of hydrogen-bond donors (Lipinski definition) is 1. The molecule has 2 saturated carbocycles. The van der Waals surface area contributed by atoms with E-state index in [0.717, 1.165) is 84.8 Å². The highest BCUT2D eigenvalue weighted by molar-refractivity contribution is 5.97. The molecule has 0 spiro atoms. The Hall–Kier alpha value is -3.02. The number of hydrogen-bond acceptors (Lipinski definition) is 6. The van der Waals surface area contributed by atoms with Crippen molar-refractivity contribution >= 4 is 11.7 Å². The molecule has 220 valence electrons. The van der Waals surface area contributed by atoms with Crippen molar-refractivity contribution in [3.05, 3.63) is 71.6 Å². The third-order valence-corrected chi connectivity index (χ3v) is 8.51. The highest BCUT2D eigenvalue weighted by Crippen LogP contribution is 2.42. The summed E-state index contributed by atoms with van der Waals surface area (Å²) in [6, 6.07) is 0. The third kappa shape index (κ3) is 7.80. The molecule has 0 unspecified atom stereocenters. The molecule has 0 saturated heterocycles. The van der Waals surface area contributed by atoms with E-state index in [9.17, 15) is 4.79 Å². The smallest absolute Gasteiger partial charge is 0.309 e. The molecule has 0 aromatic rings. The van der Waals surface area contributed by atoms with Crippen LogP contribution in [0.1, 0.15) is 85.5 Å². The van der Waals surface area contributed by atoms with Gasteiger partial charge in [-0.25, -0.2) is 4.99 Å². The summed E-state index contributed by atoms with van der Waals surface area (Å²) < 4.78 is 17.5. The van der Waals surface area contributed by atoms with E-state index < -0.39 is 0 Å². The fourth-order valence-corrected chi connectivity index (χ4v) is 6.20. The summed E-state index contributed by atoms with van der Waals surface area (Å²) in [6.45, 7) is 17.1. The van der Waals surface area contributed by atoms with E-state index in [0.29, 0.717) is 12.5 Å². The van der Waals surface area contributed by atoms with Gasteiger partial charge in [0.1, 0.15) is 17.3 Å². The van der Waals surface area contributed by atoms with Crippen LogP contribution in [0, 0.1) is 23.2 Å². The van der Waals surface area contributed by atoms with Gasteiger partial charge in [-0.1, -0.05) is 58.8 Å². The van der Waals surface area contributed by atoms with Crippen LogP contribution in [0.2, 0.25) is 0 Å². The number of carbonyl (C=O) groups excluding carboxylic acids is 1. The number of carbonyl (C=O) groups is 1. The SMILES string of the molecule is C=C/C(=N\C(=C/C)N/C(C(=C)C)=C(/OC)C1=CC=C(OC[C@H]2CCCC[C@@H]2C(=O)OC)C(C)(C)C1)C1CCCC1. The van der Waals surface area contributed by atoms with Crippen molar-refractivity contribution in [2.45, 2.75) is 85.5 Å². The number of nitrogens with zero attached hydrogens (tertiary/aromatic N) is 1. The lowest BCUT2D eigenvalue weighted by molar-refractivity contribution is -0.149. The first-order valence-electron chi connectivity index (χ1n) is 14.9. The lowest BCUT2D eigenvalue weighted by Gasteiger charge is -2.35. The molecule has 0 heterocycles. The molecule has 3 rings (SSSR count). The van der Waals surface area contributed by atoms with Gasteiger partial charge in [0.05, 0.1) is 32.4 Å². The Kier molecular flexibility index (Phi) is 11.5. The van der Waals surface area contributed by atoms with Gasteiger partial charge in [-0.2, -0.15) is 0 Å². The van der Waals surface area contributed by atoms with Crippen LogP contribution in [-0.2, 0) is 19.0 Å². The van der Waals surface area contributed by atoms with E-state index in [-0.39, 0.29) is 23.2 Å². The molecule has 2 fully saturated rings. The summed E-state index contributed by atoms with van der Waals surface area (Å²) in [4.78, 5) is 17.3. The minimum absolute atomic E-state index is 0.0804. The largest absolute Gasteiger partial charge is 0.497 e. The van der Waals surface area contributed by atoms with Gasteiger partial charge in [0, 0.05) is 23.0 Å². The molecule has 6 heteroatoms. The topological polar surface area (TPSA) is 69.2 Å². The maximum absolute atomic E-state index is 12.3. The van der Waals surface area contributed by atoms with Gasteiger partial charge in [0.2, 0.25) is 0 Å². The number of aliphatic imine (C=N–C) groups is 1. The summed E-state index contributed by atoms with van der Waals surface area (Å²) in [5.74, 6) is 2.90. The van der Waals surface area contributed by atoms with Gasteiger partial charge in [-0.15, -0.1) is 0 Å². The van der Waals surface area contributed by atoms with Crippen molar-refractivity contribution in [2.24, 2.45) is 28.2 Å². The Morgan fingerprint density at radius 1 is 1.10 bits per heavy atom. The Morgan fingerprint density at radius 3 is 2.35 bits per heavy atom. The van der Waals surface area contributed by atoms with Crippen molar-refractivity contribution < 1.29 is 19.0 Å². The van der Waals surface area contributed by atoms with Crippen LogP contribution in [-0.4, -0.2) is 32.5 Å². The van der Waals surface area contributed by atoms with Gasteiger partial charge >= 0.3 is 5.97 Å². The van der Waals surface area contributed by atoms with Crippen LogP contribution in [0.5, 0.6) is 0 Å². The van der Waals surface area contributed by atoms with Crippen LogP contribution in [0.15, 0.2) is 76.6 Å². The fourth-order valence-electron chi connectivity index (χ4n) is 6.20. The van der Waals surface area contributed by atoms with E-state index in [1.54, 1.807) is 7.11 Å². The van der Waals surface area contributed by atoms with Crippen LogP contribution < -0.4 is 5.32 Å². The summed E-state index contributed by atoms with van der Waals surface area (Å²) in [5.41, 5.74) is 3.53. The molecule has 3 aliphatic carbocycles. The average molecular weight is 551 g/mol. The van der Waals surface area contributed by atoms with Gasteiger partial charge in [0.25, 0.3) is 0 Å². The second-order valence-electron chi connectivity index (χ2n) is 12.0. The number of esters is 1. The molecule has 40 heavy (non-hydrogen) atoms. The normalized spacial score (nSPS) is 24.4. The van der Waals surface area contributed by atoms with E-state index in [1.165, 1.54) is 20.0 Å². The summed E-state index contributed by atoms with van der Waals surface area (Å²) in [6.07, 6.45) is 17.6. The van der Waals surface area contributed by atoms with Crippen molar-refractivity contribution in [3.8, 4) is 0 Å². The van der Waals surface area contributed by atoms with Crippen LogP contribution in [0.3, 0.4) is 0 Å². The third-order valence-electron chi connectivity index (χ3n) is 8.51. The Bertz CT molecular complexity index is 1100. The van der Waals surface area contributed by atoms with Crippen molar-refractivity contribution in [1.82, 2.24) is 5.32 Å². The van der Waals surface area contributed by atoms with E-state index in [4.69, 9.17) is 19.2 Å². The van der Waals surface area contributed by atoms with Gasteiger partial charge in [-0.05, 0) is 75.3 Å². The number of methoxy groups -OCH3 is 2. The van der Waals surface area contributed by atoms with E-state index >= 15 is 0 Å². The van der Waals surface area contributed by atoms with Gasteiger partial charge in [0.15, 0.2) is 0 Å². The van der Waals surface area contributed by atoms with Crippen LogP contribution >= 0.6 is 0 Å². The fraction of sp³-hybridized carbons (Fsp3) is 0.588. The van der Waals surface area contributed by atoms with Crippen molar-refractivity contribution in [1.29, 1.82) is 0 Å². The summed E-state index contributed by atoms with van der Waals surface area (Å²) in [5, 5.41) is 3.51. The van der Waals surface area contributed by atoms with Gasteiger partial charge < -0.3 is 19.5 Å². The zero-order valence-corrected chi connectivity index (χ0v) is 25.6. The number of allylic oxidation sites excluding steroid dienone is 7. The molecule has 2 atom stereocenters. The van der Waals surface area contributed by atoms with Crippen molar-refractivity contribution in [2.75, 3.05) is 20.8 Å². The zero-order chi connectivity index (χ0) is 29.3. The molecular formula is C34H50N2O4. The predicted octanol–water partition coefficient (Wildman–Crippen LogP) is 7.92. The molecule has 0 aromatic heterocycles. The highest BCUT2D eigenvalue weighted by Gasteiger charge is 2.35. The molecule has 1 N–H and O–H groups in total. The first-order valence-corrected chi connectivity index (χ1v) is 14.9. The summed E-state index contributed by atoms with van der Waals surface area (Å²) in [7, 11) is 3.18. The molecule has 0 amide bonds. The molecule has 0 bridgehead atoms. The highest BCUT2D eigenvalue weighted by atomic mass is 16.5. The number of ether oxygens (including phenoxy) is 3. The number of rotatable bonds is 12. The standard InChI is InChI=1S/C34H50N2O4/c1-9-28(24-15-11-12-16-24)35-30(10-2)36-31(23(3)4)32(38-7)25-19-20-29(34(5,6)21-25)40-22-26-17-13-14-18-27(26)33(37)39-8/h9-10,19-20,24,26-27,36H,1,3,11-18,21-22H2,2,4-8H3/b30-10+,32-31+,35-28+/t26-,27+/m1/s1. The minimum atomic E-state index is -0.246. The Labute approximate surface area is 242 Å². The quantitative estimate of drug-likeness (QED) is 0.116. The van der Waals surface area contributed by atoms with Crippen LogP contribution in [0.4, 0.5) is 0 Å². The molecule has 0 aromatic carbocycles. The first-order chi connectivity index (χ1) is 19.1. The molecule has 6 nitrogen and oxygen atoms in total. The lowest BCUT2D eigenvalue weighted by Crippen LogP contribution is -2.32. The molecule has 3 aliphatic rings. The zero-order valence-electron chi connectivity index (χ0n) is 25.6. The Balaban J connectivity index is 1.84. The number of nitrogens with one attached hydrogen (secondary N) is 1. The monoisotopic (exact) mass is 550 g/mol. The second-order valence-corrected chi connectivity index (χ2v) is 12.0. The van der Waals surface area contributed by atoms with Crippen molar-refractivity contribution in [3.63, 3.8) is 0 Å². The first kappa shape index (κ1) is 31.5. The minimum Gasteiger partial charge on any atom is -0.497 e. The predicted molar refractivity (Wildman–Crippen MR) is 163 cm³/mol. The van der Waals surface area contributed by atoms with E-state index in [1.807, 2.05) is 26.0 Å². The lowest BCUT2D eigenvalue weighted by atomic mass is 9.78. The maximum atomic E-state index is 12.3. The molecule has 0 radical (unpaired) electrons. The second kappa shape index (κ2) is 14.6. The van der Waals surface area contributed by atoms with Crippen LogP contribution in [0.25, 0.3) is 0 Å². The molecular weight excluding hydrogens is 500 g/mol. The average Bonchev–Trinajstić information content (AvgIpc) is 3.48. The Morgan fingerprint density at radius 2 is 1.77 bits per heavy atom. The summed E-state index contributed by atoms with van der Waals surface area (Å²) >= 11 is 0. The van der Waals surface area contributed by atoms with Gasteiger partial charge in [-0.3, -0.25) is 4.79 Å².